The monoisotopic (exact) mass is 904 g/mol. The third kappa shape index (κ3) is 6.27. The molecule has 12 nitrogen and oxygen atoms in total. The molecule has 3 heterocycles. The molecule has 10 rings (SSSR count). The van der Waals surface area contributed by atoms with Crippen molar-refractivity contribution in [1.82, 2.24) is 0 Å². The molecule has 0 atom stereocenters. The van der Waals surface area contributed by atoms with Gasteiger partial charge in [0.2, 0.25) is 5.41 Å². The predicted octanol–water partition coefficient (Wildman–Crippen LogP) is 8.96. The molecule has 0 fully saturated rings. The number of benzene rings is 4. The SMILES string of the molecule is N#Cc1cc2c(cc1N)C(=O)/C(=C/c1cc3sc4c5c(sc4c3s1)C=C(C=C1C(=O)c3cc(C#N)c(C#N)cc3C1=O)C5(C(=O)OCc1ccccc1)C(=O)OCc1ccccc1)C2=O. The molecule has 2 N–H and O–H groups in total. The Balaban J connectivity index is 1.13. The molecule has 65 heavy (non-hydrogen) atoms. The zero-order chi connectivity index (χ0) is 45.3. The van der Waals surface area contributed by atoms with Gasteiger partial charge in [0.05, 0.1) is 47.6 Å². The lowest BCUT2D eigenvalue weighted by atomic mass is 9.76. The fourth-order valence-corrected chi connectivity index (χ4v) is 12.6. The molecule has 0 saturated heterocycles. The quantitative estimate of drug-likeness (QED) is 0.0497. The number of carbonyl (C=O) groups is 6. The number of nitrogens with zero attached hydrogens (tertiary/aromatic N) is 3. The maximum atomic E-state index is 15.1. The molecular formula is C50H24N4O8S3. The number of nitrogens with two attached hydrogens (primary N) is 1. The highest BCUT2D eigenvalue weighted by Gasteiger charge is 2.59. The number of esters is 2. The Hall–Kier alpha value is -8.39. The first-order valence-corrected chi connectivity index (χ1v) is 22.0. The largest absolute Gasteiger partial charge is 0.459 e. The summed E-state index contributed by atoms with van der Waals surface area (Å²) in [5.41, 5.74) is 4.56. The first kappa shape index (κ1) is 40.7. The van der Waals surface area contributed by atoms with Crippen molar-refractivity contribution in [3.8, 4) is 18.2 Å². The summed E-state index contributed by atoms with van der Waals surface area (Å²) in [6.07, 6.45) is 4.27. The smallest absolute Gasteiger partial charge is 0.333 e. The van der Waals surface area contributed by atoms with E-state index in [4.69, 9.17) is 15.2 Å². The number of anilines is 1. The number of hydrogen-bond donors (Lipinski definition) is 1. The van der Waals surface area contributed by atoms with Gasteiger partial charge < -0.3 is 15.2 Å². The lowest BCUT2D eigenvalue weighted by molar-refractivity contribution is -0.164. The Kier molecular flexibility index (Phi) is 9.67. The molecule has 0 radical (unpaired) electrons. The first-order valence-electron chi connectivity index (χ1n) is 19.5. The average molecular weight is 905 g/mol. The Bertz CT molecular complexity index is 3500. The van der Waals surface area contributed by atoms with E-state index in [0.29, 0.717) is 35.0 Å². The van der Waals surface area contributed by atoms with Gasteiger partial charge in [-0.15, -0.1) is 34.0 Å². The van der Waals surface area contributed by atoms with Gasteiger partial charge in [-0.2, -0.15) is 15.8 Å². The van der Waals surface area contributed by atoms with Gasteiger partial charge in [-0.1, -0.05) is 60.7 Å². The van der Waals surface area contributed by atoms with E-state index in [9.17, 15) is 35.0 Å². The molecule has 0 amide bonds. The van der Waals surface area contributed by atoms with Gasteiger partial charge in [-0.3, -0.25) is 28.8 Å². The molecule has 7 aromatic rings. The average Bonchev–Trinajstić information content (AvgIpc) is 4.13. The Morgan fingerprint density at radius 2 is 1.09 bits per heavy atom. The van der Waals surface area contributed by atoms with Crippen LogP contribution in [0, 0.1) is 34.0 Å². The van der Waals surface area contributed by atoms with E-state index >= 15 is 9.59 Å². The van der Waals surface area contributed by atoms with E-state index in [-0.39, 0.29) is 80.1 Å². The second-order valence-corrected chi connectivity index (χ2v) is 18.3. The van der Waals surface area contributed by atoms with Gasteiger partial charge in [0.15, 0.2) is 23.1 Å². The number of ether oxygens (including phenoxy) is 2. The third-order valence-electron chi connectivity index (χ3n) is 11.4. The van der Waals surface area contributed by atoms with Crippen LogP contribution in [0.2, 0.25) is 0 Å². The fourth-order valence-electron chi connectivity index (χ4n) is 8.27. The number of thiophene rings is 3. The van der Waals surface area contributed by atoms with Crippen LogP contribution in [-0.2, 0) is 37.7 Å². The number of fused-ring (bicyclic) bond motifs is 7. The standard InChI is InChI=1S/C50H24N4O8S3/c51-19-26-11-31-32(12-27(26)20-52)42(56)35(41(31)55)14-29-15-38-40(50(29,48(59)61-22-24-7-3-1-4-8-24)49(60)62-23-25-9-5-2-6-10-25)46-47(64-38)45-39(65-46)17-30(63-45)16-36-43(57)33-13-28(21-53)37(54)18-34(33)44(36)58/h1-18H,22-23,54H2/b36-16+. The maximum Gasteiger partial charge on any atom is 0.333 e. The molecule has 0 unspecified atom stereocenters. The molecule has 0 saturated carbocycles. The van der Waals surface area contributed by atoms with Crippen LogP contribution in [0.25, 0.3) is 31.0 Å². The summed E-state index contributed by atoms with van der Waals surface area (Å²) < 4.78 is 14.7. The third-order valence-corrected chi connectivity index (χ3v) is 15.2. The first-order chi connectivity index (χ1) is 31.5. The lowest BCUT2D eigenvalue weighted by Gasteiger charge is -2.28. The number of ketones is 4. The second kappa shape index (κ2) is 15.4. The molecule has 0 aliphatic heterocycles. The van der Waals surface area contributed by atoms with Gasteiger partial charge in [-0.05, 0) is 65.3 Å². The van der Waals surface area contributed by atoms with E-state index in [2.05, 4.69) is 0 Å². The minimum Gasteiger partial charge on any atom is -0.459 e. The lowest BCUT2D eigenvalue weighted by Crippen LogP contribution is -2.46. The fraction of sp³-hybridized carbons (Fsp3) is 0.0600. The molecule has 15 heteroatoms. The number of allylic oxidation sites excluding steroid dienone is 3. The van der Waals surface area contributed by atoms with Gasteiger partial charge in [-0.25, -0.2) is 0 Å². The number of rotatable bonds is 8. The maximum absolute atomic E-state index is 15.1. The molecule has 3 aromatic heterocycles. The van der Waals surface area contributed by atoms with Crippen LogP contribution in [0.1, 0.15) is 84.6 Å². The highest BCUT2D eigenvalue weighted by molar-refractivity contribution is 7.39. The van der Waals surface area contributed by atoms with Crippen LogP contribution in [0.4, 0.5) is 5.69 Å². The van der Waals surface area contributed by atoms with Crippen molar-refractivity contribution in [1.29, 1.82) is 15.8 Å². The van der Waals surface area contributed by atoms with Crippen LogP contribution in [0.3, 0.4) is 0 Å². The summed E-state index contributed by atoms with van der Waals surface area (Å²) in [6.45, 7) is -0.472. The summed E-state index contributed by atoms with van der Waals surface area (Å²) in [6, 6.07) is 30.2. The molecule has 0 spiro atoms. The highest BCUT2D eigenvalue weighted by atomic mass is 32.1. The van der Waals surface area contributed by atoms with Gasteiger partial charge in [0, 0.05) is 42.3 Å². The van der Waals surface area contributed by atoms with E-state index in [0.717, 1.165) is 4.70 Å². The van der Waals surface area contributed by atoms with Crippen molar-refractivity contribution in [3.63, 3.8) is 0 Å². The minimum atomic E-state index is -2.37. The Labute approximate surface area is 379 Å². The van der Waals surface area contributed by atoms with Crippen molar-refractivity contribution in [3.05, 3.63) is 179 Å². The van der Waals surface area contributed by atoms with Crippen LogP contribution in [0.15, 0.2) is 114 Å². The summed E-state index contributed by atoms with van der Waals surface area (Å²) in [5, 5.41) is 28.8. The van der Waals surface area contributed by atoms with Crippen LogP contribution >= 0.6 is 34.0 Å². The van der Waals surface area contributed by atoms with Crippen LogP contribution < -0.4 is 5.73 Å². The minimum absolute atomic E-state index is 0.0533. The topological polar surface area (TPSA) is 218 Å². The normalized spacial score (nSPS) is 15.1. The zero-order valence-electron chi connectivity index (χ0n) is 33.2. The van der Waals surface area contributed by atoms with Crippen molar-refractivity contribution in [2.75, 3.05) is 5.73 Å². The van der Waals surface area contributed by atoms with E-state index in [1.165, 1.54) is 70.4 Å². The van der Waals surface area contributed by atoms with E-state index in [1.807, 2.05) is 18.2 Å². The zero-order valence-corrected chi connectivity index (χ0v) is 35.7. The van der Waals surface area contributed by atoms with Crippen molar-refractivity contribution in [2.45, 2.75) is 18.6 Å². The number of carbonyl (C=O) groups excluding carboxylic acids is 6. The second-order valence-electron chi connectivity index (χ2n) is 15.1. The molecular weight excluding hydrogens is 881 g/mol. The van der Waals surface area contributed by atoms with Crippen molar-refractivity contribution >= 4 is 106 Å². The Morgan fingerprint density at radius 1 is 0.600 bits per heavy atom. The molecule has 4 aromatic carbocycles. The van der Waals surface area contributed by atoms with Gasteiger partial charge >= 0.3 is 11.9 Å². The van der Waals surface area contributed by atoms with Crippen LogP contribution in [0.5, 0.6) is 0 Å². The molecule has 0 bridgehead atoms. The Morgan fingerprint density at radius 3 is 1.62 bits per heavy atom. The van der Waals surface area contributed by atoms with E-state index in [1.54, 1.807) is 72.8 Å². The summed E-state index contributed by atoms with van der Waals surface area (Å²) in [7, 11) is 0. The molecule has 310 valence electrons. The van der Waals surface area contributed by atoms with Crippen molar-refractivity contribution < 1.29 is 38.2 Å². The molecule has 3 aliphatic rings. The predicted molar refractivity (Wildman–Crippen MR) is 242 cm³/mol. The number of nitrogen functional groups attached to an aromatic ring is 1. The number of hydrogen-bond acceptors (Lipinski definition) is 15. The van der Waals surface area contributed by atoms with Gasteiger partial charge in [0.1, 0.15) is 31.4 Å². The summed E-state index contributed by atoms with van der Waals surface area (Å²) in [5.74, 6) is -4.60. The highest BCUT2D eigenvalue weighted by Crippen LogP contribution is 2.57. The number of Topliss-reactive ketones (excluding diaryl/α,β-unsaturated/α-hetero) is 4. The van der Waals surface area contributed by atoms with Gasteiger partial charge in [0.25, 0.3) is 0 Å². The molecule has 3 aliphatic carbocycles. The number of nitriles is 3. The van der Waals surface area contributed by atoms with Crippen LogP contribution in [-0.4, -0.2) is 35.1 Å². The summed E-state index contributed by atoms with van der Waals surface area (Å²) >= 11 is 3.81. The van der Waals surface area contributed by atoms with Crippen molar-refractivity contribution in [2.24, 2.45) is 0 Å². The van der Waals surface area contributed by atoms with E-state index < -0.39 is 40.5 Å². The summed E-state index contributed by atoms with van der Waals surface area (Å²) in [4.78, 5) is 86.3.